The Morgan fingerprint density at radius 1 is 1.13 bits per heavy atom. The van der Waals surface area contributed by atoms with E-state index in [1.807, 2.05) is 47.4 Å². The number of amides is 3. The van der Waals surface area contributed by atoms with Gasteiger partial charge in [0.15, 0.2) is 0 Å². The topological polar surface area (TPSA) is 61.4 Å². The molecule has 120 valence electrons. The van der Waals surface area contributed by atoms with Crippen molar-refractivity contribution in [3.63, 3.8) is 0 Å². The highest BCUT2D eigenvalue weighted by Gasteiger charge is 2.18. The summed E-state index contributed by atoms with van der Waals surface area (Å²) in [6, 6.07) is 13.6. The summed E-state index contributed by atoms with van der Waals surface area (Å²) in [7, 11) is 0. The molecule has 23 heavy (non-hydrogen) atoms. The van der Waals surface area contributed by atoms with Gasteiger partial charge in [-0.1, -0.05) is 36.4 Å². The Labute approximate surface area is 135 Å². The third kappa shape index (κ3) is 3.80. The van der Waals surface area contributed by atoms with Crippen LogP contribution in [-0.4, -0.2) is 36.5 Å². The van der Waals surface area contributed by atoms with Gasteiger partial charge in [-0.2, -0.15) is 0 Å². The highest BCUT2D eigenvalue weighted by atomic mass is 16.2. The van der Waals surface area contributed by atoms with Gasteiger partial charge in [-0.05, 0) is 24.3 Å². The minimum Gasteiger partial charge on any atom is -0.343 e. The molecule has 1 heterocycles. The molecule has 5 heteroatoms. The van der Waals surface area contributed by atoms with Crippen molar-refractivity contribution in [3.05, 3.63) is 42.5 Å². The molecule has 2 aromatic carbocycles. The maximum Gasteiger partial charge on any atom is 0.319 e. The summed E-state index contributed by atoms with van der Waals surface area (Å²) < 4.78 is 0. The molecule has 0 bridgehead atoms. The predicted molar refractivity (Wildman–Crippen MR) is 91.4 cm³/mol. The zero-order valence-corrected chi connectivity index (χ0v) is 13.0. The van der Waals surface area contributed by atoms with Crippen LogP contribution in [0.2, 0.25) is 0 Å². The van der Waals surface area contributed by atoms with Crippen LogP contribution in [0.1, 0.15) is 19.3 Å². The van der Waals surface area contributed by atoms with Gasteiger partial charge in [-0.3, -0.25) is 4.79 Å². The number of hydrogen-bond donors (Lipinski definition) is 2. The monoisotopic (exact) mass is 311 g/mol. The molecule has 0 radical (unpaired) electrons. The van der Waals surface area contributed by atoms with Gasteiger partial charge < -0.3 is 15.5 Å². The van der Waals surface area contributed by atoms with Crippen molar-refractivity contribution in [3.8, 4) is 0 Å². The number of nitrogens with zero attached hydrogens (tertiary/aromatic N) is 1. The summed E-state index contributed by atoms with van der Waals surface area (Å²) >= 11 is 0. The van der Waals surface area contributed by atoms with Crippen LogP contribution in [0.15, 0.2) is 42.5 Å². The Morgan fingerprint density at radius 3 is 2.78 bits per heavy atom. The van der Waals surface area contributed by atoms with Crippen LogP contribution < -0.4 is 10.6 Å². The number of likely N-dealkylation sites (tertiary alicyclic amines) is 1. The number of hydrogen-bond acceptors (Lipinski definition) is 2. The average molecular weight is 311 g/mol. The maximum atomic E-state index is 12.0. The van der Waals surface area contributed by atoms with E-state index in [9.17, 15) is 9.59 Å². The second-order valence-corrected chi connectivity index (χ2v) is 5.75. The average Bonchev–Trinajstić information content (AvgIpc) is 2.97. The zero-order chi connectivity index (χ0) is 16.1. The molecule has 1 aliphatic rings. The van der Waals surface area contributed by atoms with Gasteiger partial charge in [0.25, 0.3) is 0 Å². The van der Waals surface area contributed by atoms with E-state index >= 15 is 0 Å². The van der Waals surface area contributed by atoms with Crippen LogP contribution in [0.25, 0.3) is 10.8 Å². The molecule has 2 aromatic rings. The van der Waals surface area contributed by atoms with E-state index in [0.29, 0.717) is 19.5 Å². The fourth-order valence-corrected chi connectivity index (χ4v) is 2.91. The minimum absolute atomic E-state index is 0.214. The number of fused-ring (bicyclic) bond motifs is 1. The van der Waals surface area contributed by atoms with Crippen LogP contribution in [0, 0.1) is 0 Å². The van der Waals surface area contributed by atoms with Crippen molar-refractivity contribution in [1.29, 1.82) is 0 Å². The van der Waals surface area contributed by atoms with Gasteiger partial charge in [-0.25, -0.2) is 4.79 Å². The van der Waals surface area contributed by atoms with Gasteiger partial charge in [0.05, 0.1) is 5.69 Å². The molecule has 0 aromatic heterocycles. The lowest BCUT2D eigenvalue weighted by Crippen LogP contribution is -2.33. The van der Waals surface area contributed by atoms with Crippen molar-refractivity contribution >= 4 is 28.4 Å². The van der Waals surface area contributed by atoms with Gasteiger partial charge in [0.2, 0.25) is 5.91 Å². The van der Waals surface area contributed by atoms with E-state index in [1.165, 1.54) is 0 Å². The summed E-state index contributed by atoms with van der Waals surface area (Å²) in [4.78, 5) is 25.4. The Kier molecular flexibility index (Phi) is 4.76. The van der Waals surface area contributed by atoms with Crippen LogP contribution in [-0.2, 0) is 4.79 Å². The van der Waals surface area contributed by atoms with E-state index in [0.717, 1.165) is 35.8 Å². The first-order valence-electron chi connectivity index (χ1n) is 8.04. The molecule has 1 aliphatic heterocycles. The molecule has 3 amide bonds. The van der Waals surface area contributed by atoms with Crippen molar-refractivity contribution < 1.29 is 9.59 Å². The lowest BCUT2D eigenvalue weighted by atomic mass is 10.1. The van der Waals surface area contributed by atoms with Gasteiger partial charge in [0.1, 0.15) is 0 Å². The Bertz CT molecular complexity index is 709. The Hall–Kier alpha value is -2.56. The first kappa shape index (κ1) is 15.3. The third-order valence-corrected chi connectivity index (χ3v) is 4.10. The fourth-order valence-electron chi connectivity index (χ4n) is 2.91. The number of carbonyl (C=O) groups excluding carboxylic acids is 2. The highest BCUT2D eigenvalue weighted by Crippen LogP contribution is 2.22. The van der Waals surface area contributed by atoms with Crippen LogP contribution in [0.4, 0.5) is 10.5 Å². The Balaban J connectivity index is 1.48. The van der Waals surface area contributed by atoms with E-state index in [4.69, 9.17) is 0 Å². The molecule has 0 spiro atoms. The summed E-state index contributed by atoms with van der Waals surface area (Å²) in [6.07, 6.45) is 2.39. The first-order valence-corrected chi connectivity index (χ1v) is 8.04. The zero-order valence-electron chi connectivity index (χ0n) is 13.0. The molecule has 3 rings (SSSR count). The maximum absolute atomic E-state index is 12.0. The molecular weight excluding hydrogens is 290 g/mol. The number of rotatable bonds is 5. The quantitative estimate of drug-likeness (QED) is 0.834. The lowest BCUT2D eigenvalue weighted by Gasteiger charge is -2.15. The number of nitrogens with one attached hydrogen (secondary N) is 2. The van der Waals surface area contributed by atoms with E-state index < -0.39 is 0 Å². The molecule has 0 unspecified atom stereocenters. The Morgan fingerprint density at radius 2 is 1.96 bits per heavy atom. The summed E-state index contributed by atoms with van der Waals surface area (Å²) in [5, 5.41) is 7.85. The van der Waals surface area contributed by atoms with Gasteiger partial charge >= 0.3 is 6.03 Å². The second-order valence-electron chi connectivity index (χ2n) is 5.75. The highest BCUT2D eigenvalue weighted by molar-refractivity contribution is 6.01. The second kappa shape index (κ2) is 7.13. The number of carbonyl (C=O) groups is 2. The summed E-state index contributed by atoms with van der Waals surface area (Å²) in [5.74, 6) is 0.227. The normalized spacial score (nSPS) is 14.3. The van der Waals surface area contributed by atoms with Gasteiger partial charge in [-0.15, -0.1) is 0 Å². The standard InChI is InChI=1S/C18H21N3O2/c22-17-10-4-12-21(17)13-5-11-19-18(23)20-16-9-3-7-14-6-1-2-8-15(14)16/h1-3,6-9H,4-5,10-13H2,(H2,19,20,23). The molecule has 1 fully saturated rings. The van der Waals surface area contributed by atoms with Crippen molar-refractivity contribution in [1.82, 2.24) is 10.2 Å². The summed E-state index contributed by atoms with van der Waals surface area (Å²) in [5.41, 5.74) is 0.801. The molecule has 2 N–H and O–H groups in total. The van der Waals surface area contributed by atoms with Crippen molar-refractivity contribution in [2.45, 2.75) is 19.3 Å². The van der Waals surface area contributed by atoms with Crippen LogP contribution in [0.5, 0.6) is 0 Å². The predicted octanol–water partition coefficient (Wildman–Crippen LogP) is 2.97. The third-order valence-electron chi connectivity index (χ3n) is 4.10. The molecule has 1 saturated heterocycles. The summed E-state index contributed by atoms with van der Waals surface area (Å²) in [6.45, 7) is 2.12. The number of urea groups is 1. The first-order chi connectivity index (χ1) is 11.2. The number of benzene rings is 2. The van der Waals surface area contributed by atoms with Crippen molar-refractivity contribution in [2.75, 3.05) is 25.0 Å². The van der Waals surface area contributed by atoms with Crippen LogP contribution >= 0.6 is 0 Å². The number of anilines is 1. The fraction of sp³-hybridized carbons (Fsp3) is 0.333. The smallest absolute Gasteiger partial charge is 0.319 e. The van der Waals surface area contributed by atoms with Crippen molar-refractivity contribution in [2.24, 2.45) is 0 Å². The molecule has 5 nitrogen and oxygen atoms in total. The largest absolute Gasteiger partial charge is 0.343 e. The minimum atomic E-state index is -0.214. The van der Waals surface area contributed by atoms with E-state index in [2.05, 4.69) is 10.6 Å². The lowest BCUT2D eigenvalue weighted by molar-refractivity contribution is -0.127. The SMILES string of the molecule is O=C(NCCCN1CCCC1=O)Nc1cccc2ccccc12. The van der Waals surface area contributed by atoms with Gasteiger partial charge in [0, 0.05) is 31.4 Å². The molecule has 0 aliphatic carbocycles. The van der Waals surface area contributed by atoms with Crippen LogP contribution in [0.3, 0.4) is 0 Å². The molecular formula is C18H21N3O2. The van der Waals surface area contributed by atoms with E-state index in [1.54, 1.807) is 0 Å². The molecule has 0 atom stereocenters. The van der Waals surface area contributed by atoms with E-state index in [-0.39, 0.29) is 11.9 Å². The molecule has 0 saturated carbocycles.